The van der Waals surface area contributed by atoms with Gasteiger partial charge in [-0.25, -0.2) is 9.50 Å². The molecule has 0 spiro atoms. The average molecular weight is 266 g/mol. The molecule has 0 N–H and O–H groups in total. The van der Waals surface area contributed by atoms with Crippen LogP contribution in [0, 0.1) is 0 Å². The second-order valence-corrected chi connectivity index (χ2v) is 5.00. The fourth-order valence-corrected chi connectivity index (χ4v) is 2.37. The molecule has 0 amide bonds. The topological polar surface area (TPSA) is 52.3 Å². The van der Waals surface area contributed by atoms with Crippen LogP contribution in [-0.4, -0.2) is 26.7 Å². The predicted molar refractivity (Wildman–Crippen MR) is 74.7 cm³/mol. The molecule has 0 radical (unpaired) electrons. The van der Waals surface area contributed by atoms with E-state index in [4.69, 9.17) is 4.74 Å². The number of nitrogens with zero attached hydrogens (tertiary/aromatic N) is 4. The monoisotopic (exact) mass is 266 g/mol. The number of fused-ring (bicyclic) bond motifs is 1. The standard InChI is InChI=1S/C15H14N4O/c1-20-13-5-4-12(10-6-8-16-9-7-10)19-15(13)17-14(18-19)11-2-3-11/h4-9,11H,2-3H2,1H3. The third-order valence-corrected chi connectivity index (χ3v) is 3.60. The Balaban J connectivity index is 1.97. The summed E-state index contributed by atoms with van der Waals surface area (Å²) in [5.41, 5.74) is 2.85. The molecule has 20 heavy (non-hydrogen) atoms. The van der Waals surface area contributed by atoms with Crippen molar-refractivity contribution in [1.82, 2.24) is 19.6 Å². The third-order valence-electron chi connectivity index (χ3n) is 3.60. The summed E-state index contributed by atoms with van der Waals surface area (Å²) in [5, 5.41) is 4.66. The second-order valence-electron chi connectivity index (χ2n) is 5.00. The van der Waals surface area contributed by atoms with Crippen LogP contribution in [0.2, 0.25) is 0 Å². The summed E-state index contributed by atoms with van der Waals surface area (Å²) in [7, 11) is 1.66. The van der Waals surface area contributed by atoms with Crippen molar-refractivity contribution in [3.8, 4) is 17.0 Å². The molecule has 1 aliphatic carbocycles. The highest BCUT2D eigenvalue weighted by Gasteiger charge is 2.29. The van der Waals surface area contributed by atoms with E-state index in [1.54, 1.807) is 19.5 Å². The van der Waals surface area contributed by atoms with E-state index in [1.165, 1.54) is 12.8 Å². The second kappa shape index (κ2) is 4.30. The van der Waals surface area contributed by atoms with Crippen LogP contribution in [0.4, 0.5) is 0 Å². The van der Waals surface area contributed by atoms with Crippen LogP contribution in [0.15, 0.2) is 36.7 Å². The Labute approximate surface area is 116 Å². The van der Waals surface area contributed by atoms with Gasteiger partial charge in [0.2, 0.25) is 0 Å². The van der Waals surface area contributed by atoms with Gasteiger partial charge in [0.05, 0.1) is 12.8 Å². The van der Waals surface area contributed by atoms with Crippen molar-refractivity contribution in [2.45, 2.75) is 18.8 Å². The van der Waals surface area contributed by atoms with Crippen molar-refractivity contribution in [2.75, 3.05) is 7.11 Å². The Hall–Kier alpha value is -2.43. The molecule has 5 heteroatoms. The molecule has 0 aliphatic heterocycles. The zero-order valence-corrected chi connectivity index (χ0v) is 11.2. The van der Waals surface area contributed by atoms with Crippen molar-refractivity contribution < 1.29 is 4.74 Å². The van der Waals surface area contributed by atoms with E-state index in [1.807, 2.05) is 28.8 Å². The molecule has 0 atom stereocenters. The minimum absolute atomic E-state index is 0.518. The molecule has 1 fully saturated rings. The number of hydrogen-bond acceptors (Lipinski definition) is 4. The van der Waals surface area contributed by atoms with Crippen LogP contribution in [0.5, 0.6) is 5.75 Å². The summed E-state index contributed by atoms with van der Waals surface area (Å²) < 4.78 is 7.27. The average Bonchev–Trinajstić information content (AvgIpc) is 3.26. The van der Waals surface area contributed by atoms with Gasteiger partial charge in [0, 0.05) is 23.9 Å². The molecule has 0 bridgehead atoms. The highest BCUT2D eigenvalue weighted by molar-refractivity contribution is 5.66. The maximum absolute atomic E-state index is 5.40. The Kier molecular flexibility index (Phi) is 2.45. The fourth-order valence-electron chi connectivity index (χ4n) is 2.37. The lowest BCUT2D eigenvalue weighted by Gasteiger charge is -2.06. The normalized spacial score (nSPS) is 14.7. The summed E-state index contributed by atoms with van der Waals surface area (Å²) in [6.07, 6.45) is 5.93. The maximum atomic E-state index is 5.40. The predicted octanol–water partition coefficient (Wildman–Crippen LogP) is 2.68. The molecule has 0 saturated heterocycles. The van der Waals surface area contributed by atoms with Gasteiger partial charge >= 0.3 is 0 Å². The van der Waals surface area contributed by atoms with Gasteiger partial charge in [-0.2, -0.15) is 5.10 Å². The van der Waals surface area contributed by atoms with Crippen LogP contribution in [0.1, 0.15) is 24.6 Å². The summed E-state index contributed by atoms with van der Waals surface area (Å²) >= 11 is 0. The number of methoxy groups -OCH3 is 1. The lowest BCUT2D eigenvalue weighted by atomic mass is 10.2. The summed E-state index contributed by atoms with van der Waals surface area (Å²) in [5.74, 6) is 2.19. The number of ether oxygens (including phenoxy) is 1. The van der Waals surface area contributed by atoms with E-state index >= 15 is 0 Å². The van der Waals surface area contributed by atoms with Crippen LogP contribution in [0.3, 0.4) is 0 Å². The number of hydrogen-bond donors (Lipinski definition) is 0. The minimum atomic E-state index is 0.518. The van der Waals surface area contributed by atoms with Crippen molar-refractivity contribution in [3.63, 3.8) is 0 Å². The maximum Gasteiger partial charge on any atom is 0.198 e. The van der Waals surface area contributed by atoms with Crippen LogP contribution < -0.4 is 4.74 Å². The van der Waals surface area contributed by atoms with Crippen molar-refractivity contribution in [1.29, 1.82) is 0 Å². The van der Waals surface area contributed by atoms with Gasteiger partial charge in [0.15, 0.2) is 17.2 Å². The van der Waals surface area contributed by atoms with Crippen LogP contribution in [0.25, 0.3) is 16.9 Å². The van der Waals surface area contributed by atoms with Gasteiger partial charge in [-0.3, -0.25) is 4.98 Å². The SMILES string of the molecule is COc1ccc(-c2ccncc2)n2nc(C3CC3)nc12. The van der Waals surface area contributed by atoms with Crippen LogP contribution >= 0.6 is 0 Å². The first-order chi connectivity index (χ1) is 9.86. The first-order valence-electron chi connectivity index (χ1n) is 6.71. The lowest BCUT2D eigenvalue weighted by Crippen LogP contribution is -1.97. The number of aromatic nitrogens is 4. The molecule has 3 aromatic heterocycles. The first-order valence-corrected chi connectivity index (χ1v) is 6.71. The molecule has 1 aliphatic rings. The molecule has 5 nitrogen and oxygen atoms in total. The third kappa shape index (κ3) is 1.74. The van der Waals surface area contributed by atoms with Gasteiger partial charge in [0.1, 0.15) is 0 Å². The minimum Gasteiger partial charge on any atom is -0.493 e. The van der Waals surface area contributed by atoms with E-state index in [-0.39, 0.29) is 0 Å². The molecular formula is C15H14N4O. The van der Waals surface area contributed by atoms with E-state index in [2.05, 4.69) is 15.1 Å². The summed E-state index contributed by atoms with van der Waals surface area (Å²) in [6.45, 7) is 0. The van der Waals surface area contributed by atoms with E-state index in [0.29, 0.717) is 5.92 Å². The lowest BCUT2D eigenvalue weighted by molar-refractivity contribution is 0.416. The van der Waals surface area contributed by atoms with E-state index in [9.17, 15) is 0 Å². The highest BCUT2D eigenvalue weighted by Crippen LogP contribution is 2.39. The van der Waals surface area contributed by atoms with E-state index in [0.717, 1.165) is 28.5 Å². The first kappa shape index (κ1) is 11.4. The Morgan fingerprint density at radius 3 is 2.65 bits per heavy atom. The molecule has 4 rings (SSSR count). The Morgan fingerprint density at radius 2 is 1.95 bits per heavy atom. The quantitative estimate of drug-likeness (QED) is 0.731. The van der Waals surface area contributed by atoms with Gasteiger partial charge in [0.25, 0.3) is 0 Å². The zero-order chi connectivity index (χ0) is 13.5. The fraction of sp³-hybridized carbons (Fsp3) is 0.267. The molecule has 1 saturated carbocycles. The molecule has 0 unspecified atom stereocenters. The smallest absolute Gasteiger partial charge is 0.198 e. The number of rotatable bonds is 3. The Morgan fingerprint density at radius 1 is 1.15 bits per heavy atom. The van der Waals surface area contributed by atoms with Crippen molar-refractivity contribution in [2.24, 2.45) is 0 Å². The van der Waals surface area contributed by atoms with Gasteiger partial charge < -0.3 is 4.74 Å². The highest BCUT2D eigenvalue weighted by atomic mass is 16.5. The summed E-state index contributed by atoms with van der Waals surface area (Å²) in [6, 6.07) is 7.89. The van der Waals surface area contributed by atoms with Crippen molar-refractivity contribution >= 4 is 5.65 Å². The molecule has 3 aromatic rings. The largest absolute Gasteiger partial charge is 0.493 e. The van der Waals surface area contributed by atoms with E-state index < -0.39 is 0 Å². The molecular weight excluding hydrogens is 252 g/mol. The van der Waals surface area contributed by atoms with Gasteiger partial charge in [-0.1, -0.05) is 0 Å². The summed E-state index contributed by atoms with van der Waals surface area (Å²) in [4.78, 5) is 8.70. The van der Waals surface area contributed by atoms with Gasteiger partial charge in [-0.15, -0.1) is 0 Å². The molecule has 0 aromatic carbocycles. The van der Waals surface area contributed by atoms with Crippen LogP contribution in [-0.2, 0) is 0 Å². The Bertz CT molecular complexity index is 762. The molecule has 3 heterocycles. The zero-order valence-electron chi connectivity index (χ0n) is 11.2. The number of pyridine rings is 2. The van der Waals surface area contributed by atoms with Crippen molar-refractivity contribution in [3.05, 3.63) is 42.5 Å². The molecule has 100 valence electrons. The van der Waals surface area contributed by atoms with Gasteiger partial charge in [-0.05, 0) is 37.1 Å².